The molecule has 1 fully saturated rings. The predicted molar refractivity (Wildman–Crippen MR) is 66.1 cm³/mol. The number of nitrogens with zero attached hydrogens (tertiary/aromatic N) is 1. The van der Waals surface area contributed by atoms with Gasteiger partial charge < -0.3 is 10.3 Å². The van der Waals surface area contributed by atoms with E-state index in [-0.39, 0.29) is 0 Å². The quantitative estimate of drug-likeness (QED) is 0.820. The van der Waals surface area contributed by atoms with E-state index >= 15 is 0 Å². The first-order valence-electron chi connectivity index (χ1n) is 6.64. The first-order valence-corrected chi connectivity index (χ1v) is 6.64. The van der Waals surface area contributed by atoms with Crippen molar-refractivity contribution in [3.05, 3.63) is 18.2 Å². The SMILES string of the molecule is c1c[nH]c(CNCC2CCCCCCC2)n1. The largest absolute Gasteiger partial charge is 0.348 e. The normalized spacial score (nSPS) is 19.2. The minimum absolute atomic E-state index is 0.878. The van der Waals surface area contributed by atoms with Crippen molar-refractivity contribution >= 4 is 0 Å². The molecule has 2 rings (SSSR count). The van der Waals surface area contributed by atoms with Gasteiger partial charge in [-0.1, -0.05) is 32.1 Å². The molecule has 0 amide bonds. The molecule has 1 aromatic heterocycles. The van der Waals surface area contributed by atoms with Crippen LogP contribution in [0.15, 0.2) is 12.4 Å². The van der Waals surface area contributed by atoms with Crippen LogP contribution in [0.25, 0.3) is 0 Å². The molecule has 1 aliphatic rings. The number of aromatic amines is 1. The van der Waals surface area contributed by atoms with E-state index in [1.807, 2.05) is 12.4 Å². The Bertz CT molecular complexity index is 261. The molecule has 0 spiro atoms. The highest BCUT2D eigenvalue weighted by atomic mass is 15.0. The summed E-state index contributed by atoms with van der Waals surface area (Å²) in [5, 5.41) is 3.51. The highest BCUT2D eigenvalue weighted by Gasteiger charge is 2.10. The Kier molecular flexibility index (Phi) is 4.87. The monoisotopic (exact) mass is 221 g/mol. The fourth-order valence-corrected chi connectivity index (χ4v) is 2.53. The maximum atomic E-state index is 4.21. The molecule has 0 atom stereocenters. The Morgan fingerprint density at radius 2 is 1.94 bits per heavy atom. The summed E-state index contributed by atoms with van der Waals surface area (Å²) in [5.74, 6) is 1.93. The van der Waals surface area contributed by atoms with Crippen LogP contribution in [-0.4, -0.2) is 16.5 Å². The third-order valence-corrected chi connectivity index (χ3v) is 3.51. The van der Waals surface area contributed by atoms with Gasteiger partial charge in [0.15, 0.2) is 0 Å². The van der Waals surface area contributed by atoms with Crippen molar-refractivity contribution in [3.63, 3.8) is 0 Å². The maximum absolute atomic E-state index is 4.21. The van der Waals surface area contributed by atoms with Gasteiger partial charge in [-0.15, -0.1) is 0 Å². The number of H-pyrrole nitrogens is 1. The van der Waals surface area contributed by atoms with Crippen LogP contribution >= 0.6 is 0 Å². The zero-order chi connectivity index (χ0) is 11.1. The summed E-state index contributed by atoms with van der Waals surface area (Å²) in [5.41, 5.74) is 0. The van der Waals surface area contributed by atoms with Crippen LogP contribution in [0.5, 0.6) is 0 Å². The topological polar surface area (TPSA) is 40.7 Å². The van der Waals surface area contributed by atoms with Crippen LogP contribution in [0.4, 0.5) is 0 Å². The number of imidazole rings is 1. The average Bonchev–Trinajstić information content (AvgIpc) is 2.73. The molecule has 0 unspecified atom stereocenters. The fourth-order valence-electron chi connectivity index (χ4n) is 2.53. The van der Waals surface area contributed by atoms with E-state index in [1.165, 1.54) is 44.9 Å². The predicted octanol–water partition coefficient (Wildman–Crippen LogP) is 2.86. The summed E-state index contributed by atoms with van der Waals surface area (Å²) >= 11 is 0. The molecular weight excluding hydrogens is 198 g/mol. The van der Waals surface area contributed by atoms with Gasteiger partial charge >= 0.3 is 0 Å². The number of nitrogens with one attached hydrogen (secondary N) is 2. The van der Waals surface area contributed by atoms with Gasteiger partial charge in [0.05, 0.1) is 6.54 Å². The average molecular weight is 221 g/mol. The van der Waals surface area contributed by atoms with Gasteiger partial charge in [0.25, 0.3) is 0 Å². The molecule has 0 aromatic carbocycles. The molecule has 0 saturated heterocycles. The first-order chi connectivity index (χ1) is 7.95. The summed E-state index contributed by atoms with van der Waals surface area (Å²) in [6, 6.07) is 0. The van der Waals surface area contributed by atoms with Crippen molar-refractivity contribution < 1.29 is 0 Å². The third kappa shape index (κ3) is 3.97. The Hall–Kier alpha value is -0.830. The molecule has 1 heterocycles. The molecule has 1 aromatic rings. The lowest BCUT2D eigenvalue weighted by molar-refractivity contribution is 0.359. The van der Waals surface area contributed by atoms with Gasteiger partial charge in [-0.25, -0.2) is 4.98 Å². The smallest absolute Gasteiger partial charge is 0.120 e. The van der Waals surface area contributed by atoms with Gasteiger partial charge in [-0.2, -0.15) is 0 Å². The lowest BCUT2D eigenvalue weighted by atomic mass is 9.91. The molecule has 1 aliphatic carbocycles. The van der Waals surface area contributed by atoms with Crippen LogP contribution < -0.4 is 5.32 Å². The van der Waals surface area contributed by atoms with Gasteiger partial charge in [0.1, 0.15) is 5.82 Å². The highest BCUT2D eigenvalue weighted by Crippen LogP contribution is 2.21. The second-order valence-corrected chi connectivity index (χ2v) is 4.88. The zero-order valence-corrected chi connectivity index (χ0v) is 10.0. The molecule has 0 radical (unpaired) electrons. The number of hydrogen-bond donors (Lipinski definition) is 2. The Morgan fingerprint density at radius 3 is 2.62 bits per heavy atom. The zero-order valence-electron chi connectivity index (χ0n) is 10.0. The van der Waals surface area contributed by atoms with Crippen molar-refractivity contribution in [1.82, 2.24) is 15.3 Å². The lowest BCUT2D eigenvalue weighted by Gasteiger charge is -2.19. The summed E-state index contributed by atoms with van der Waals surface area (Å²) in [6.07, 6.45) is 13.7. The Morgan fingerprint density at radius 1 is 1.19 bits per heavy atom. The molecular formula is C13H23N3. The third-order valence-electron chi connectivity index (χ3n) is 3.51. The summed E-state index contributed by atoms with van der Waals surface area (Å²) in [4.78, 5) is 7.34. The van der Waals surface area contributed by atoms with Gasteiger partial charge in [-0.05, 0) is 25.3 Å². The molecule has 90 valence electrons. The highest BCUT2D eigenvalue weighted by molar-refractivity contribution is 4.86. The summed E-state index contributed by atoms with van der Waals surface area (Å²) < 4.78 is 0. The molecule has 16 heavy (non-hydrogen) atoms. The Balaban J connectivity index is 1.64. The van der Waals surface area contributed by atoms with Crippen LogP contribution in [0.3, 0.4) is 0 Å². The van der Waals surface area contributed by atoms with Crippen LogP contribution in [-0.2, 0) is 6.54 Å². The van der Waals surface area contributed by atoms with Crippen molar-refractivity contribution in [3.8, 4) is 0 Å². The molecule has 3 heteroatoms. The molecule has 0 bridgehead atoms. The van der Waals surface area contributed by atoms with Crippen LogP contribution in [0.2, 0.25) is 0 Å². The number of rotatable bonds is 4. The maximum Gasteiger partial charge on any atom is 0.120 e. The summed E-state index contributed by atoms with van der Waals surface area (Å²) in [6.45, 7) is 2.03. The number of hydrogen-bond acceptors (Lipinski definition) is 2. The Labute approximate surface area is 98.1 Å². The summed E-state index contributed by atoms with van der Waals surface area (Å²) in [7, 11) is 0. The molecule has 0 aliphatic heterocycles. The van der Waals surface area contributed by atoms with Crippen molar-refractivity contribution in [2.75, 3.05) is 6.54 Å². The molecule has 1 saturated carbocycles. The second-order valence-electron chi connectivity index (χ2n) is 4.88. The molecule has 3 nitrogen and oxygen atoms in total. The van der Waals surface area contributed by atoms with E-state index in [2.05, 4.69) is 15.3 Å². The van der Waals surface area contributed by atoms with Gasteiger partial charge in [0.2, 0.25) is 0 Å². The van der Waals surface area contributed by atoms with E-state index in [4.69, 9.17) is 0 Å². The van der Waals surface area contributed by atoms with E-state index < -0.39 is 0 Å². The van der Waals surface area contributed by atoms with E-state index in [9.17, 15) is 0 Å². The lowest BCUT2D eigenvalue weighted by Crippen LogP contribution is -2.23. The molecule has 2 N–H and O–H groups in total. The second kappa shape index (κ2) is 6.69. The van der Waals surface area contributed by atoms with E-state index in [1.54, 1.807) is 0 Å². The number of aromatic nitrogens is 2. The van der Waals surface area contributed by atoms with Gasteiger partial charge in [0, 0.05) is 12.4 Å². The van der Waals surface area contributed by atoms with Crippen LogP contribution in [0, 0.1) is 5.92 Å². The minimum Gasteiger partial charge on any atom is -0.348 e. The van der Waals surface area contributed by atoms with Crippen molar-refractivity contribution in [2.24, 2.45) is 5.92 Å². The standard InChI is InChI=1S/C13H23N3/c1-2-4-6-12(7-5-3-1)10-14-11-13-15-8-9-16-13/h8-9,12,14H,1-7,10-11H2,(H,15,16). The fraction of sp³-hybridized carbons (Fsp3) is 0.769. The minimum atomic E-state index is 0.878. The van der Waals surface area contributed by atoms with E-state index in [0.29, 0.717) is 0 Å². The van der Waals surface area contributed by atoms with Crippen molar-refractivity contribution in [2.45, 2.75) is 51.5 Å². The van der Waals surface area contributed by atoms with E-state index in [0.717, 1.165) is 24.8 Å². The van der Waals surface area contributed by atoms with Crippen LogP contribution in [0.1, 0.15) is 50.8 Å². The van der Waals surface area contributed by atoms with Gasteiger partial charge in [-0.3, -0.25) is 0 Å². The first kappa shape index (κ1) is 11.6. The van der Waals surface area contributed by atoms with Crippen molar-refractivity contribution in [1.29, 1.82) is 0 Å².